The summed E-state index contributed by atoms with van der Waals surface area (Å²) < 4.78 is 23.7. The van der Waals surface area contributed by atoms with Crippen molar-refractivity contribution in [3.63, 3.8) is 0 Å². The number of unbranched alkanes of at least 4 members (excludes halogenated alkanes) is 31. The number of phosphoric ester groups is 1. The topological polar surface area (TPSA) is 105 Å². The molecule has 3 atom stereocenters. The third-order valence-corrected chi connectivity index (χ3v) is 12.8. The molecule has 3 unspecified atom stereocenters. The van der Waals surface area contributed by atoms with Gasteiger partial charge >= 0.3 is 7.82 Å². The molecule has 0 aromatic heterocycles. The van der Waals surface area contributed by atoms with Crippen LogP contribution in [0.1, 0.15) is 245 Å². The number of hydrogen-bond acceptors (Lipinski definition) is 5. The summed E-state index contributed by atoms with van der Waals surface area (Å²) in [5, 5.41) is 13.9. The lowest BCUT2D eigenvalue weighted by molar-refractivity contribution is -0.870. The summed E-state index contributed by atoms with van der Waals surface area (Å²) in [4.78, 5) is 23.2. The van der Waals surface area contributed by atoms with Crippen molar-refractivity contribution in [2.45, 2.75) is 257 Å². The molecule has 0 saturated heterocycles. The van der Waals surface area contributed by atoms with Gasteiger partial charge in [0.25, 0.3) is 0 Å². The normalized spacial score (nSPS) is 14.4. The molecule has 0 aromatic carbocycles. The smallest absolute Gasteiger partial charge is 0.387 e. The van der Waals surface area contributed by atoms with E-state index in [9.17, 15) is 19.4 Å². The minimum absolute atomic E-state index is 0.0600. The van der Waals surface area contributed by atoms with E-state index >= 15 is 0 Å². The van der Waals surface area contributed by atoms with Gasteiger partial charge in [0.1, 0.15) is 13.2 Å². The Morgan fingerprint density at radius 2 is 0.919 bits per heavy atom. The monoisotopic (exact) mass is 896 g/mol. The lowest BCUT2D eigenvalue weighted by atomic mass is 10.0. The van der Waals surface area contributed by atoms with Crippen LogP contribution in [0.4, 0.5) is 0 Å². The van der Waals surface area contributed by atoms with Crippen LogP contribution in [0, 0.1) is 0 Å². The van der Waals surface area contributed by atoms with Crippen molar-refractivity contribution in [3.05, 3.63) is 36.5 Å². The second-order valence-corrected chi connectivity index (χ2v) is 20.7. The largest absolute Gasteiger partial charge is 0.472 e. The van der Waals surface area contributed by atoms with Gasteiger partial charge in [-0.1, -0.05) is 224 Å². The van der Waals surface area contributed by atoms with Crippen molar-refractivity contribution in [2.24, 2.45) is 0 Å². The number of amides is 1. The van der Waals surface area contributed by atoms with Gasteiger partial charge in [0.05, 0.1) is 39.9 Å². The Morgan fingerprint density at radius 1 is 0.548 bits per heavy atom. The van der Waals surface area contributed by atoms with Crippen LogP contribution in [0.5, 0.6) is 0 Å². The number of nitrogens with zero attached hydrogens (tertiary/aromatic N) is 1. The number of phosphoric acid groups is 1. The fourth-order valence-electron chi connectivity index (χ4n) is 7.66. The van der Waals surface area contributed by atoms with Gasteiger partial charge in [-0.05, 0) is 51.4 Å². The second kappa shape index (κ2) is 44.9. The predicted molar refractivity (Wildman–Crippen MR) is 268 cm³/mol. The van der Waals surface area contributed by atoms with Crippen molar-refractivity contribution in [1.29, 1.82) is 0 Å². The zero-order valence-corrected chi connectivity index (χ0v) is 42.5. The van der Waals surface area contributed by atoms with Crippen LogP contribution in [0.25, 0.3) is 0 Å². The molecule has 3 N–H and O–H groups in total. The van der Waals surface area contributed by atoms with Gasteiger partial charge < -0.3 is 19.8 Å². The van der Waals surface area contributed by atoms with Crippen molar-refractivity contribution in [3.8, 4) is 0 Å². The first-order valence-corrected chi connectivity index (χ1v) is 27.9. The number of aliphatic hydroxyl groups excluding tert-OH is 1. The Morgan fingerprint density at radius 3 is 1.35 bits per heavy atom. The van der Waals surface area contributed by atoms with Crippen molar-refractivity contribution in [1.82, 2.24) is 5.32 Å². The summed E-state index contributed by atoms with van der Waals surface area (Å²) >= 11 is 0. The van der Waals surface area contributed by atoms with Gasteiger partial charge in [-0.25, -0.2) is 4.57 Å². The average Bonchev–Trinajstić information content (AvgIpc) is 3.23. The van der Waals surface area contributed by atoms with Crippen LogP contribution in [0.15, 0.2) is 36.5 Å². The number of allylic oxidation sites excluding steroid dienone is 5. The van der Waals surface area contributed by atoms with Crippen LogP contribution in [-0.2, 0) is 18.4 Å². The highest BCUT2D eigenvalue weighted by molar-refractivity contribution is 7.47. The summed E-state index contributed by atoms with van der Waals surface area (Å²) in [6, 6.07) is -0.850. The van der Waals surface area contributed by atoms with Crippen molar-refractivity contribution in [2.75, 3.05) is 40.9 Å². The predicted octanol–water partition coefficient (Wildman–Crippen LogP) is 15.4. The highest BCUT2D eigenvalue weighted by Gasteiger charge is 2.27. The van der Waals surface area contributed by atoms with E-state index in [-0.39, 0.29) is 19.1 Å². The molecule has 0 aromatic rings. The van der Waals surface area contributed by atoms with Gasteiger partial charge in [-0.2, -0.15) is 0 Å². The van der Waals surface area contributed by atoms with Gasteiger partial charge in [-0.3, -0.25) is 13.8 Å². The highest BCUT2D eigenvalue weighted by Crippen LogP contribution is 2.43. The number of quaternary nitrogens is 1. The Balaban J connectivity index is 4.28. The number of hydrogen-bond donors (Lipinski definition) is 3. The Bertz CT molecular complexity index is 1110. The zero-order chi connectivity index (χ0) is 45.7. The maximum atomic E-state index is 12.9. The fraction of sp³-hybridized carbons (Fsp3) is 0.868. The van der Waals surface area contributed by atoms with Crippen LogP contribution in [-0.4, -0.2) is 73.4 Å². The zero-order valence-electron chi connectivity index (χ0n) is 41.6. The SMILES string of the molecule is CCCCC/C=C\C/C=C\CCCCCCCCCC(=O)NC(COP(=O)(O)OCC[N+](C)(C)C)C(O)/C=C/CCCCCCCCCCCCCCCCCCCCCCC. The molecule has 0 heterocycles. The minimum Gasteiger partial charge on any atom is -0.387 e. The molecule has 0 aliphatic rings. The first-order chi connectivity index (χ1) is 30.0. The van der Waals surface area contributed by atoms with E-state index in [1.165, 1.54) is 173 Å². The second-order valence-electron chi connectivity index (χ2n) is 19.3. The number of aliphatic hydroxyl groups is 1. The van der Waals surface area contributed by atoms with E-state index in [0.717, 1.165) is 51.4 Å². The standard InChI is InChI=1S/C53H103N2O6P/c1-6-8-10-12-14-16-18-20-22-24-25-26-27-28-29-31-32-34-36-38-40-42-44-46-52(56)51(50-61-62(58,59)60-49-48-55(3,4)5)54-53(57)47-45-43-41-39-37-35-33-30-23-21-19-17-15-13-11-9-7-2/h15,17,21,23,44,46,51-52,56H,6-14,16,18-20,22,24-43,45,47-50H2,1-5H3,(H-,54,57,58,59)/p+1/b17-15-,23-21-,46-44+. The van der Waals surface area contributed by atoms with Crippen LogP contribution < -0.4 is 5.32 Å². The summed E-state index contributed by atoms with van der Waals surface area (Å²) in [6.45, 7) is 4.80. The molecule has 0 aliphatic carbocycles. The maximum Gasteiger partial charge on any atom is 0.472 e. The Labute approximate surface area is 385 Å². The quantitative estimate of drug-likeness (QED) is 0.0243. The van der Waals surface area contributed by atoms with Crippen LogP contribution in [0.3, 0.4) is 0 Å². The number of carbonyl (C=O) groups excluding carboxylic acids is 1. The Kier molecular flexibility index (Phi) is 44.0. The minimum atomic E-state index is -4.34. The van der Waals surface area contributed by atoms with Gasteiger partial charge in [0, 0.05) is 6.42 Å². The number of rotatable bonds is 48. The molecule has 0 rings (SSSR count). The van der Waals surface area contributed by atoms with Crippen molar-refractivity contribution < 1.29 is 32.9 Å². The molecule has 62 heavy (non-hydrogen) atoms. The third-order valence-electron chi connectivity index (χ3n) is 11.9. The van der Waals surface area contributed by atoms with Gasteiger partial charge in [0.2, 0.25) is 5.91 Å². The lowest BCUT2D eigenvalue weighted by Gasteiger charge is -2.25. The number of carbonyl (C=O) groups is 1. The lowest BCUT2D eigenvalue weighted by Crippen LogP contribution is -2.45. The molecule has 366 valence electrons. The average molecular weight is 896 g/mol. The molecule has 0 bridgehead atoms. The molecule has 0 aliphatic heterocycles. The van der Waals surface area contributed by atoms with Crippen LogP contribution >= 0.6 is 7.82 Å². The van der Waals surface area contributed by atoms with E-state index in [1.54, 1.807) is 6.08 Å². The first kappa shape index (κ1) is 60.7. The summed E-state index contributed by atoms with van der Waals surface area (Å²) in [5.41, 5.74) is 0. The number of likely N-dealkylation sites (N-methyl/N-ethyl adjacent to an activating group) is 1. The summed E-state index contributed by atoms with van der Waals surface area (Å²) in [6.07, 6.45) is 56.5. The highest BCUT2D eigenvalue weighted by atomic mass is 31.2. The van der Waals surface area contributed by atoms with Gasteiger partial charge in [0.15, 0.2) is 0 Å². The molecule has 0 spiro atoms. The molecule has 0 radical (unpaired) electrons. The summed E-state index contributed by atoms with van der Waals surface area (Å²) in [5.74, 6) is -0.184. The Hall–Kier alpha value is -1.28. The third kappa shape index (κ3) is 46.7. The molecular weight excluding hydrogens is 792 g/mol. The molecule has 9 heteroatoms. The molecule has 1 amide bonds. The van der Waals surface area contributed by atoms with E-state index in [4.69, 9.17) is 9.05 Å². The molecule has 0 saturated carbocycles. The molecule has 8 nitrogen and oxygen atoms in total. The van der Waals surface area contributed by atoms with E-state index in [2.05, 4.69) is 43.5 Å². The van der Waals surface area contributed by atoms with E-state index in [0.29, 0.717) is 17.4 Å². The fourth-order valence-corrected chi connectivity index (χ4v) is 8.40. The van der Waals surface area contributed by atoms with Crippen LogP contribution in [0.2, 0.25) is 0 Å². The van der Waals surface area contributed by atoms with Gasteiger partial charge in [-0.15, -0.1) is 0 Å². The first-order valence-electron chi connectivity index (χ1n) is 26.4. The summed E-state index contributed by atoms with van der Waals surface area (Å²) in [7, 11) is 1.57. The van der Waals surface area contributed by atoms with E-state index < -0.39 is 20.0 Å². The van der Waals surface area contributed by atoms with Crippen molar-refractivity contribution >= 4 is 13.7 Å². The number of nitrogens with one attached hydrogen (secondary N) is 1. The maximum absolute atomic E-state index is 12.9. The molecule has 0 fully saturated rings. The van der Waals surface area contributed by atoms with E-state index in [1.807, 2.05) is 27.2 Å². The molecular formula is C53H104N2O6P+.